The number of aromatic nitrogens is 1. The number of nitrogens with one attached hydrogen (secondary N) is 2. The van der Waals surface area contributed by atoms with E-state index in [1.54, 1.807) is 28.5 Å². The second kappa shape index (κ2) is 12.2. The van der Waals surface area contributed by atoms with Crippen LogP contribution in [0.15, 0.2) is 53.9 Å². The average Bonchev–Trinajstić information content (AvgIpc) is 3.28. The van der Waals surface area contributed by atoms with Crippen LogP contribution in [0.2, 0.25) is 10.0 Å². The van der Waals surface area contributed by atoms with E-state index in [1.807, 2.05) is 39.0 Å². The lowest BCUT2D eigenvalue weighted by atomic mass is 10.1. The van der Waals surface area contributed by atoms with Gasteiger partial charge < -0.3 is 15.5 Å². The first-order valence-corrected chi connectivity index (χ1v) is 12.7. The molecule has 1 unspecified atom stereocenters. The van der Waals surface area contributed by atoms with E-state index in [0.29, 0.717) is 26.4 Å². The van der Waals surface area contributed by atoms with Gasteiger partial charge in [-0.05, 0) is 57.4 Å². The molecule has 3 amide bonds. The van der Waals surface area contributed by atoms with Gasteiger partial charge in [-0.2, -0.15) is 0 Å². The molecule has 1 heterocycles. The lowest BCUT2D eigenvalue weighted by molar-refractivity contribution is 0.0934. The molecule has 2 N–H and O–H groups in total. The van der Waals surface area contributed by atoms with Crippen LogP contribution >= 0.6 is 34.5 Å². The second-order valence-electron chi connectivity index (χ2n) is 8.31. The molecule has 0 saturated carbocycles. The van der Waals surface area contributed by atoms with Crippen LogP contribution in [-0.2, 0) is 13.0 Å². The van der Waals surface area contributed by atoms with Crippen LogP contribution in [0.25, 0.3) is 0 Å². The fourth-order valence-corrected chi connectivity index (χ4v) is 4.36. The van der Waals surface area contributed by atoms with Crippen molar-refractivity contribution >= 4 is 52.2 Å². The minimum Gasteiger partial charge on any atom is -0.348 e. The molecule has 3 aromatic rings. The van der Waals surface area contributed by atoms with E-state index >= 15 is 0 Å². The number of carbonyl (C=O) groups excluding carboxylic acids is 2. The Morgan fingerprint density at radius 3 is 2.47 bits per heavy atom. The van der Waals surface area contributed by atoms with Crippen molar-refractivity contribution < 1.29 is 9.59 Å². The van der Waals surface area contributed by atoms with E-state index in [1.165, 1.54) is 16.9 Å². The lowest BCUT2D eigenvalue weighted by Crippen LogP contribution is -2.39. The molecular weight excluding hydrogens is 491 g/mol. The molecule has 0 aliphatic rings. The number of hydrogen-bond donors (Lipinski definition) is 2. The van der Waals surface area contributed by atoms with Crippen molar-refractivity contribution in [3.8, 4) is 0 Å². The Morgan fingerprint density at radius 2 is 1.79 bits per heavy atom. The molecule has 0 spiro atoms. The normalized spacial score (nSPS) is 11.8. The molecule has 0 radical (unpaired) electrons. The Balaban J connectivity index is 1.56. The van der Waals surface area contributed by atoms with Crippen LogP contribution in [-0.4, -0.2) is 33.9 Å². The summed E-state index contributed by atoms with van der Waals surface area (Å²) in [5, 5.41) is 9.04. The predicted molar refractivity (Wildman–Crippen MR) is 140 cm³/mol. The summed E-state index contributed by atoms with van der Waals surface area (Å²) >= 11 is 13.3. The van der Waals surface area contributed by atoms with E-state index in [9.17, 15) is 9.59 Å². The van der Waals surface area contributed by atoms with Crippen LogP contribution in [0.4, 0.5) is 10.5 Å². The van der Waals surface area contributed by atoms with Gasteiger partial charge in [-0.3, -0.25) is 4.79 Å². The highest BCUT2D eigenvalue weighted by atomic mass is 35.5. The van der Waals surface area contributed by atoms with E-state index in [-0.39, 0.29) is 30.6 Å². The zero-order valence-corrected chi connectivity index (χ0v) is 21.7. The largest absolute Gasteiger partial charge is 0.348 e. The Bertz CT molecular complexity index is 1120. The molecule has 0 bridgehead atoms. The summed E-state index contributed by atoms with van der Waals surface area (Å²) in [7, 11) is 0. The number of carbonyl (C=O) groups is 2. The van der Waals surface area contributed by atoms with Gasteiger partial charge in [0.25, 0.3) is 5.91 Å². The first-order chi connectivity index (χ1) is 16.2. The third-order valence-electron chi connectivity index (χ3n) is 5.23. The van der Waals surface area contributed by atoms with Gasteiger partial charge in [0.1, 0.15) is 10.7 Å². The van der Waals surface area contributed by atoms with Crippen molar-refractivity contribution in [1.29, 1.82) is 0 Å². The summed E-state index contributed by atoms with van der Waals surface area (Å²) in [4.78, 5) is 31.6. The maximum Gasteiger partial charge on any atom is 0.322 e. The van der Waals surface area contributed by atoms with Crippen molar-refractivity contribution in [1.82, 2.24) is 15.2 Å². The van der Waals surface area contributed by atoms with Crippen molar-refractivity contribution in [3.63, 3.8) is 0 Å². The quantitative estimate of drug-likeness (QED) is 0.333. The molecule has 0 saturated heterocycles. The topological polar surface area (TPSA) is 74.3 Å². The van der Waals surface area contributed by atoms with Gasteiger partial charge in [-0.25, -0.2) is 9.78 Å². The Labute approximate surface area is 214 Å². The van der Waals surface area contributed by atoms with Crippen LogP contribution in [0.1, 0.15) is 48.3 Å². The van der Waals surface area contributed by atoms with Crippen molar-refractivity contribution in [3.05, 3.63) is 80.2 Å². The number of thiazole rings is 1. The van der Waals surface area contributed by atoms with Crippen LogP contribution in [0.5, 0.6) is 0 Å². The fraction of sp³-hybridized carbons (Fsp3) is 0.320. The summed E-state index contributed by atoms with van der Waals surface area (Å²) in [6, 6.07) is 14.8. The SMILES string of the molecule is CC(CCc1ccccc1)NC(=O)c1csc(CN(C(=O)Nc2ccc(Cl)c(Cl)c2)C(C)C)n1. The molecule has 0 aliphatic heterocycles. The zero-order valence-electron chi connectivity index (χ0n) is 19.3. The molecule has 9 heteroatoms. The first kappa shape index (κ1) is 26.0. The van der Waals surface area contributed by atoms with Crippen molar-refractivity contribution in [2.75, 3.05) is 5.32 Å². The van der Waals surface area contributed by atoms with Crippen LogP contribution < -0.4 is 10.6 Å². The standard InChI is InChI=1S/C25H28Cl2N4O2S/c1-16(2)31(25(33)29-19-11-12-20(26)21(27)13-19)14-23-30-22(15-34-23)24(32)28-17(3)9-10-18-7-5-4-6-8-18/h4-8,11-13,15-17H,9-10,14H2,1-3H3,(H,28,32)(H,29,33). The first-order valence-electron chi connectivity index (χ1n) is 11.0. The Morgan fingerprint density at radius 1 is 1.06 bits per heavy atom. The lowest BCUT2D eigenvalue weighted by Gasteiger charge is -2.26. The van der Waals surface area contributed by atoms with E-state index in [4.69, 9.17) is 23.2 Å². The maximum atomic E-state index is 12.9. The molecule has 0 aliphatic carbocycles. The molecule has 1 atom stereocenters. The third kappa shape index (κ3) is 7.45. The van der Waals surface area contributed by atoms with Crippen LogP contribution in [0, 0.1) is 0 Å². The highest BCUT2D eigenvalue weighted by Gasteiger charge is 2.21. The summed E-state index contributed by atoms with van der Waals surface area (Å²) in [5.74, 6) is -0.209. The summed E-state index contributed by atoms with van der Waals surface area (Å²) < 4.78 is 0. The second-order valence-corrected chi connectivity index (χ2v) is 10.1. The number of hydrogen-bond acceptors (Lipinski definition) is 4. The number of anilines is 1. The van der Waals surface area contributed by atoms with E-state index < -0.39 is 0 Å². The maximum absolute atomic E-state index is 12.9. The number of amides is 3. The number of urea groups is 1. The van der Waals surface area contributed by atoms with Gasteiger partial charge in [0, 0.05) is 23.2 Å². The van der Waals surface area contributed by atoms with Crippen molar-refractivity contribution in [2.45, 2.75) is 52.2 Å². The number of rotatable bonds is 9. The monoisotopic (exact) mass is 518 g/mol. The van der Waals surface area contributed by atoms with Gasteiger partial charge in [-0.15, -0.1) is 11.3 Å². The Hall–Kier alpha value is -2.61. The van der Waals surface area contributed by atoms with Gasteiger partial charge in [0.15, 0.2) is 0 Å². The Kier molecular flexibility index (Phi) is 9.33. The number of benzene rings is 2. The van der Waals surface area contributed by atoms with Gasteiger partial charge >= 0.3 is 6.03 Å². The molecule has 34 heavy (non-hydrogen) atoms. The molecule has 1 aromatic heterocycles. The average molecular weight is 519 g/mol. The predicted octanol–water partition coefficient (Wildman–Crippen LogP) is 6.64. The smallest absolute Gasteiger partial charge is 0.322 e. The molecule has 6 nitrogen and oxygen atoms in total. The van der Waals surface area contributed by atoms with E-state index in [2.05, 4.69) is 27.8 Å². The number of nitrogens with zero attached hydrogens (tertiary/aromatic N) is 2. The molecule has 0 fully saturated rings. The number of aryl methyl sites for hydroxylation is 1. The molecule has 2 aromatic carbocycles. The highest BCUT2D eigenvalue weighted by molar-refractivity contribution is 7.09. The minimum atomic E-state index is -0.288. The molecular formula is C25H28Cl2N4O2S. The molecule has 3 rings (SSSR count). The van der Waals surface area contributed by atoms with E-state index in [0.717, 1.165) is 12.8 Å². The van der Waals surface area contributed by atoms with Gasteiger partial charge in [-0.1, -0.05) is 53.5 Å². The summed E-state index contributed by atoms with van der Waals surface area (Å²) in [6.45, 7) is 6.11. The fourth-order valence-electron chi connectivity index (χ4n) is 3.29. The third-order valence-corrected chi connectivity index (χ3v) is 6.80. The zero-order chi connectivity index (χ0) is 24.7. The number of halogens is 2. The highest BCUT2D eigenvalue weighted by Crippen LogP contribution is 2.25. The van der Waals surface area contributed by atoms with Crippen molar-refractivity contribution in [2.24, 2.45) is 0 Å². The summed E-state index contributed by atoms with van der Waals surface area (Å²) in [6.07, 6.45) is 1.73. The summed E-state index contributed by atoms with van der Waals surface area (Å²) in [5.41, 5.74) is 2.15. The van der Waals surface area contributed by atoms with Gasteiger partial charge in [0.05, 0.1) is 16.6 Å². The molecule has 180 valence electrons. The van der Waals surface area contributed by atoms with Gasteiger partial charge in [0.2, 0.25) is 0 Å². The van der Waals surface area contributed by atoms with Crippen LogP contribution in [0.3, 0.4) is 0 Å². The minimum absolute atomic E-state index is 0.0157.